The summed E-state index contributed by atoms with van der Waals surface area (Å²) in [6.07, 6.45) is 1.78. The van der Waals surface area contributed by atoms with Crippen LogP contribution in [0.25, 0.3) is 0 Å². The number of phenols is 1. The fraction of sp³-hybridized carbons (Fsp3) is 0.263. The number of amides is 1. The number of phenolic OH excluding ortho intramolecular Hbond substituents is 1. The van der Waals surface area contributed by atoms with Crippen LogP contribution in [0.1, 0.15) is 25.0 Å². The highest BCUT2D eigenvalue weighted by Crippen LogP contribution is 2.13. The van der Waals surface area contributed by atoms with Crippen molar-refractivity contribution in [2.45, 2.75) is 20.3 Å². The van der Waals surface area contributed by atoms with Crippen LogP contribution in [0.5, 0.6) is 11.5 Å². The molecule has 0 heterocycles. The van der Waals surface area contributed by atoms with Crippen LogP contribution in [0.15, 0.2) is 53.6 Å². The summed E-state index contributed by atoms with van der Waals surface area (Å²) in [6, 6.07) is 14.0. The zero-order valence-electron chi connectivity index (χ0n) is 13.9. The van der Waals surface area contributed by atoms with Crippen LogP contribution in [0, 0.1) is 5.92 Å². The molecule has 0 aliphatic carbocycles. The average molecular weight is 326 g/mol. The highest BCUT2D eigenvalue weighted by molar-refractivity contribution is 5.83. The maximum atomic E-state index is 11.8. The maximum absolute atomic E-state index is 11.8. The van der Waals surface area contributed by atoms with E-state index in [2.05, 4.69) is 24.4 Å². The van der Waals surface area contributed by atoms with Crippen molar-refractivity contribution in [3.8, 4) is 11.5 Å². The summed E-state index contributed by atoms with van der Waals surface area (Å²) in [5.41, 5.74) is 4.15. The first-order chi connectivity index (χ1) is 11.5. The highest BCUT2D eigenvalue weighted by atomic mass is 16.5. The minimum atomic E-state index is -0.218. The fourth-order valence-corrected chi connectivity index (χ4v) is 1.97. The zero-order chi connectivity index (χ0) is 17.4. The largest absolute Gasteiger partial charge is 0.508 e. The smallest absolute Gasteiger partial charge is 0.244 e. The van der Waals surface area contributed by atoms with Gasteiger partial charge < -0.3 is 9.84 Å². The third kappa shape index (κ3) is 6.12. The van der Waals surface area contributed by atoms with E-state index in [4.69, 9.17) is 4.74 Å². The van der Waals surface area contributed by atoms with E-state index in [-0.39, 0.29) is 18.1 Å². The molecule has 0 saturated carbocycles. The first-order valence-corrected chi connectivity index (χ1v) is 7.85. The number of benzene rings is 2. The average Bonchev–Trinajstić information content (AvgIpc) is 2.55. The molecule has 5 heteroatoms. The van der Waals surface area contributed by atoms with E-state index in [0.29, 0.717) is 12.5 Å². The first-order valence-electron chi connectivity index (χ1n) is 7.85. The van der Waals surface area contributed by atoms with Crippen LogP contribution < -0.4 is 10.2 Å². The Hall–Kier alpha value is -2.82. The minimum absolute atomic E-state index is 0.178. The Balaban J connectivity index is 1.85. The van der Waals surface area contributed by atoms with Gasteiger partial charge in [-0.15, -0.1) is 0 Å². The number of hydrazone groups is 1. The van der Waals surface area contributed by atoms with Crippen molar-refractivity contribution >= 4 is 12.1 Å². The topological polar surface area (TPSA) is 70.9 Å². The number of nitrogens with one attached hydrogen (secondary N) is 1. The van der Waals surface area contributed by atoms with Crippen LogP contribution in [0.2, 0.25) is 0 Å². The predicted molar refractivity (Wildman–Crippen MR) is 94.3 cm³/mol. The van der Waals surface area contributed by atoms with E-state index >= 15 is 0 Å². The van der Waals surface area contributed by atoms with Crippen molar-refractivity contribution in [3.63, 3.8) is 0 Å². The van der Waals surface area contributed by atoms with Gasteiger partial charge in [0, 0.05) is 0 Å². The molecule has 1 amide bonds. The van der Waals surface area contributed by atoms with Gasteiger partial charge in [0.2, 0.25) is 5.91 Å². The number of nitrogens with zero attached hydrogens (tertiary/aromatic N) is 1. The first kappa shape index (κ1) is 17.5. The van der Waals surface area contributed by atoms with Crippen molar-refractivity contribution in [3.05, 3.63) is 59.7 Å². The summed E-state index contributed by atoms with van der Waals surface area (Å²) < 4.78 is 5.65. The quantitative estimate of drug-likeness (QED) is 0.606. The normalized spacial score (nSPS) is 11.0. The van der Waals surface area contributed by atoms with Gasteiger partial charge in [-0.1, -0.05) is 38.1 Å². The number of carbonyl (C=O) groups excluding carboxylic acids is 1. The molecule has 0 atom stereocenters. The van der Waals surface area contributed by atoms with Crippen molar-refractivity contribution in [2.75, 3.05) is 6.61 Å². The fourth-order valence-electron chi connectivity index (χ4n) is 1.97. The Kier molecular flexibility index (Phi) is 6.37. The molecule has 126 valence electrons. The molecule has 24 heavy (non-hydrogen) atoms. The Morgan fingerprint density at radius 3 is 2.71 bits per heavy atom. The zero-order valence-corrected chi connectivity index (χ0v) is 13.9. The van der Waals surface area contributed by atoms with Gasteiger partial charge >= 0.3 is 0 Å². The molecule has 0 bridgehead atoms. The molecule has 2 aromatic rings. The lowest BCUT2D eigenvalue weighted by molar-refractivity contribution is -0.120. The van der Waals surface area contributed by atoms with Crippen LogP contribution >= 0.6 is 0 Å². The summed E-state index contributed by atoms with van der Waals surface area (Å²) in [5.74, 6) is 1.20. The molecule has 0 unspecified atom stereocenters. The van der Waals surface area contributed by atoms with Crippen LogP contribution in [-0.2, 0) is 11.2 Å². The van der Waals surface area contributed by atoms with Crippen molar-refractivity contribution in [1.82, 2.24) is 5.43 Å². The molecule has 2 aromatic carbocycles. The number of aromatic hydroxyl groups is 1. The molecular weight excluding hydrogens is 304 g/mol. The minimum Gasteiger partial charge on any atom is -0.508 e. The molecule has 0 aliphatic rings. The van der Waals surface area contributed by atoms with Gasteiger partial charge in [-0.3, -0.25) is 4.79 Å². The molecule has 0 saturated heterocycles. The van der Waals surface area contributed by atoms with Gasteiger partial charge in [0.1, 0.15) is 11.5 Å². The predicted octanol–water partition coefficient (Wildman–Crippen LogP) is 3.12. The highest BCUT2D eigenvalue weighted by Gasteiger charge is 2.02. The number of hydrogen-bond donors (Lipinski definition) is 2. The van der Waals surface area contributed by atoms with Gasteiger partial charge in [0.05, 0.1) is 19.2 Å². The molecule has 0 aromatic heterocycles. The van der Waals surface area contributed by atoms with Gasteiger partial charge in [-0.05, 0) is 41.3 Å². The van der Waals surface area contributed by atoms with E-state index in [1.165, 1.54) is 0 Å². The van der Waals surface area contributed by atoms with E-state index < -0.39 is 0 Å². The Morgan fingerprint density at radius 1 is 1.25 bits per heavy atom. The van der Waals surface area contributed by atoms with Crippen molar-refractivity contribution in [2.24, 2.45) is 11.0 Å². The molecule has 5 nitrogen and oxygen atoms in total. The molecule has 2 rings (SSSR count). The third-order valence-electron chi connectivity index (χ3n) is 3.15. The second kappa shape index (κ2) is 8.72. The lowest BCUT2D eigenvalue weighted by Gasteiger charge is -2.08. The lowest BCUT2D eigenvalue weighted by Crippen LogP contribution is -2.19. The Morgan fingerprint density at radius 2 is 2.00 bits per heavy atom. The van der Waals surface area contributed by atoms with E-state index in [0.717, 1.165) is 16.9 Å². The monoisotopic (exact) mass is 326 g/mol. The standard InChI is InChI=1S/C19H22N2O3/c1-14(2)13-24-18-5-3-4-16(10-18)12-20-21-19(23)11-15-6-8-17(22)9-7-15/h3-10,12,14,22H,11,13H2,1-2H3,(H,21,23)/b20-12-. The van der Waals surface area contributed by atoms with E-state index in [9.17, 15) is 9.90 Å². The Bertz CT molecular complexity index is 694. The maximum Gasteiger partial charge on any atom is 0.244 e. The van der Waals surface area contributed by atoms with Crippen molar-refractivity contribution < 1.29 is 14.6 Å². The second-order valence-electron chi connectivity index (χ2n) is 5.91. The molecule has 0 radical (unpaired) electrons. The number of rotatable bonds is 7. The van der Waals surface area contributed by atoms with Crippen LogP contribution in [0.4, 0.5) is 0 Å². The number of ether oxygens (including phenoxy) is 1. The summed E-state index contributed by atoms with van der Waals surface area (Å²) >= 11 is 0. The van der Waals surface area contributed by atoms with Gasteiger partial charge in [-0.25, -0.2) is 5.43 Å². The summed E-state index contributed by atoms with van der Waals surface area (Å²) in [4.78, 5) is 11.8. The summed E-state index contributed by atoms with van der Waals surface area (Å²) in [7, 11) is 0. The molecule has 0 spiro atoms. The summed E-state index contributed by atoms with van der Waals surface area (Å²) in [5, 5.41) is 13.2. The van der Waals surface area contributed by atoms with Crippen LogP contribution in [-0.4, -0.2) is 23.8 Å². The number of hydrogen-bond acceptors (Lipinski definition) is 4. The van der Waals surface area contributed by atoms with E-state index in [1.54, 1.807) is 30.5 Å². The molecule has 0 aliphatic heterocycles. The van der Waals surface area contributed by atoms with Gasteiger partial charge in [0.25, 0.3) is 0 Å². The van der Waals surface area contributed by atoms with Crippen molar-refractivity contribution in [1.29, 1.82) is 0 Å². The third-order valence-corrected chi connectivity index (χ3v) is 3.15. The Labute approximate surface area is 142 Å². The number of carbonyl (C=O) groups is 1. The molecule has 0 fully saturated rings. The summed E-state index contributed by atoms with van der Waals surface area (Å²) in [6.45, 7) is 4.84. The second-order valence-corrected chi connectivity index (χ2v) is 5.91. The molecular formula is C19H22N2O3. The SMILES string of the molecule is CC(C)COc1cccc(/C=N\NC(=O)Cc2ccc(O)cc2)c1. The van der Waals surface area contributed by atoms with Gasteiger partial charge in [0.15, 0.2) is 0 Å². The van der Waals surface area contributed by atoms with Crippen LogP contribution in [0.3, 0.4) is 0 Å². The lowest BCUT2D eigenvalue weighted by atomic mass is 10.1. The molecule has 2 N–H and O–H groups in total. The van der Waals surface area contributed by atoms with Gasteiger partial charge in [-0.2, -0.15) is 5.10 Å². The van der Waals surface area contributed by atoms with E-state index in [1.807, 2.05) is 24.3 Å².